The first kappa shape index (κ1) is 14.9. The number of hydrogen-bond acceptors (Lipinski definition) is 2. The molecule has 1 amide bonds. The summed E-state index contributed by atoms with van der Waals surface area (Å²) in [6, 6.07) is 15.5. The van der Waals surface area contributed by atoms with Gasteiger partial charge in [0.1, 0.15) is 0 Å². The summed E-state index contributed by atoms with van der Waals surface area (Å²) in [5.74, 6) is -0.746. The summed E-state index contributed by atoms with van der Waals surface area (Å²) in [6.45, 7) is 0. The molecule has 0 saturated heterocycles. The van der Waals surface area contributed by atoms with Crippen molar-refractivity contribution >= 4 is 17.6 Å². The van der Waals surface area contributed by atoms with Crippen molar-refractivity contribution in [2.45, 2.75) is 31.1 Å². The number of benzene rings is 2. The molecule has 1 fully saturated rings. The second-order valence-corrected chi connectivity index (χ2v) is 6.83. The number of fused-ring (bicyclic) bond motifs is 2. The van der Waals surface area contributed by atoms with Crippen LogP contribution in [0.2, 0.25) is 0 Å². The third kappa shape index (κ3) is 2.48. The quantitative estimate of drug-likeness (QED) is 0.909. The topological polar surface area (TPSA) is 66.4 Å². The van der Waals surface area contributed by atoms with Gasteiger partial charge in [0, 0.05) is 17.0 Å². The zero-order chi connectivity index (χ0) is 16.7. The normalized spacial score (nSPS) is 23.8. The van der Waals surface area contributed by atoms with Crippen molar-refractivity contribution in [1.82, 2.24) is 0 Å². The summed E-state index contributed by atoms with van der Waals surface area (Å²) in [5.41, 5.74) is 4.23. The van der Waals surface area contributed by atoms with Gasteiger partial charge in [-0.05, 0) is 48.1 Å². The number of aryl methyl sites for hydroxylation is 1. The summed E-state index contributed by atoms with van der Waals surface area (Å²) >= 11 is 0. The smallest absolute Gasteiger partial charge is 0.307 e. The van der Waals surface area contributed by atoms with Crippen molar-refractivity contribution < 1.29 is 14.7 Å². The van der Waals surface area contributed by atoms with Crippen LogP contribution in [0.4, 0.5) is 5.69 Å². The lowest BCUT2D eigenvalue weighted by molar-refractivity contribution is -0.136. The molecule has 1 saturated carbocycles. The van der Waals surface area contributed by atoms with E-state index in [-0.39, 0.29) is 23.7 Å². The van der Waals surface area contributed by atoms with E-state index in [1.165, 1.54) is 11.1 Å². The molecule has 2 aliphatic carbocycles. The number of carbonyl (C=O) groups is 2. The Hall–Kier alpha value is -2.62. The van der Waals surface area contributed by atoms with E-state index in [0.29, 0.717) is 0 Å². The Labute approximate surface area is 140 Å². The molecule has 2 aromatic carbocycles. The molecule has 4 nitrogen and oxygen atoms in total. The number of carbonyl (C=O) groups excluding carboxylic acids is 1. The summed E-state index contributed by atoms with van der Waals surface area (Å²) in [6.07, 6.45) is 3.04. The number of carboxylic acid groups (broad SMARTS) is 1. The molecule has 0 aliphatic heterocycles. The van der Waals surface area contributed by atoms with Gasteiger partial charge in [-0.2, -0.15) is 0 Å². The van der Waals surface area contributed by atoms with E-state index in [4.69, 9.17) is 5.11 Å². The van der Waals surface area contributed by atoms with Crippen molar-refractivity contribution in [1.29, 1.82) is 0 Å². The molecule has 0 radical (unpaired) electrons. The van der Waals surface area contributed by atoms with Gasteiger partial charge in [0.05, 0.1) is 6.42 Å². The molecule has 2 atom stereocenters. The largest absolute Gasteiger partial charge is 0.481 e. The van der Waals surface area contributed by atoms with Crippen LogP contribution in [0.15, 0.2) is 48.5 Å². The standard InChI is InChI=1S/C20H19NO3/c22-18(23)11-13-5-7-15(8-6-13)21-19(24)17-12-20(17)10-9-14-3-1-2-4-16(14)20/h1-8,17H,9-12H2,(H,21,24)(H,22,23). The van der Waals surface area contributed by atoms with Crippen LogP contribution in [-0.4, -0.2) is 17.0 Å². The van der Waals surface area contributed by atoms with Crippen LogP contribution in [-0.2, 0) is 27.8 Å². The number of anilines is 1. The van der Waals surface area contributed by atoms with Crippen LogP contribution in [0, 0.1) is 5.92 Å². The number of carboxylic acids is 1. The zero-order valence-corrected chi connectivity index (χ0v) is 13.3. The third-order valence-corrected chi connectivity index (χ3v) is 5.36. The number of rotatable bonds is 4. The van der Waals surface area contributed by atoms with Crippen molar-refractivity contribution in [3.8, 4) is 0 Å². The predicted molar refractivity (Wildman–Crippen MR) is 91.0 cm³/mol. The molecule has 2 aromatic rings. The Morgan fingerprint density at radius 1 is 1.12 bits per heavy atom. The molecule has 1 spiro atoms. The minimum atomic E-state index is -0.855. The Balaban J connectivity index is 1.44. The van der Waals surface area contributed by atoms with Gasteiger partial charge in [0.25, 0.3) is 0 Å². The fraction of sp³-hybridized carbons (Fsp3) is 0.300. The molecule has 2 unspecified atom stereocenters. The van der Waals surface area contributed by atoms with Crippen LogP contribution in [0.25, 0.3) is 0 Å². The van der Waals surface area contributed by atoms with Gasteiger partial charge in [0.2, 0.25) is 5.91 Å². The number of hydrogen-bond donors (Lipinski definition) is 2. The highest BCUT2D eigenvalue weighted by molar-refractivity contribution is 5.96. The predicted octanol–water partition coefficient (Wildman–Crippen LogP) is 3.16. The van der Waals surface area contributed by atoms with Gasteiger partial charge in [-0.3, -0.25) is 9.59 Å². The van der Waals surface area contributed by atoms with Crippen LogP contribution in [0.1, 0.15) is 29.5 Å². The van der Waals surface area contributed by atoms with Crippen molar-refractivity contribution in [2.24, 2.45) is 5.92 Å². The van der Waals surface area contributed by atoms with Gasteiger partial charge >= 0.3 is 5.97 Å². The van der Waals surface area contributed by atoms with Crippen LogP contribution in [0.5, 0.6) is 0 Å². The Morgan fingerprint density at radius 3 is 2.62 bits per heavy atom. The van der Waals surface area contributed by atoms with E-state index in [0.717, 1.165) is 30.5 Å². The molecule has 0 heterocycles. The SMILES string of the molecule is O=C(O)Cc1ccc(NC(=O)C2CC23CCc2ccccc23)cc1. The first-order valence-electron chi connectivity index (χ1n) is 8.28. The molecule has 4 heteroatoms. The highest BCUT2D eigenvalue weighted by Gasteiger charge is 2.61. The summed E-state index contributed by atoms with van der Waals surface area (Å²) in [7, 11) is 0. The fourth-order valence-electron chi connectivity index (χ4n) is 4.05. The molecule has 122 valence electrons. The molecule has 2 aliphatic rings. The van der Waals surface area contributed by atoms with Gasteiger partial charge in [-0.25, -0.2) is 0 Å². The van der Waals surface area contributed by atoms with E-state index in [2.05, 4.69) is 29.6 Å². The van der Waals surface area contributed by atoms with E-state index >= 15 is 0 Å². The molecule has 4 rings (SSSR count). The van der Waals surface area contributed by atoms with E-state index in [1.54, 1.807) is 24.3 Å². The lowest BCUT2D eigenvalue weighted by Gasteiger charge is -2.12. The van der Waals surface area contributed by atoms with Gasteiger partial charge in [0.15, 0.2) is 0 Å². The molecule has 0 aromatic heterocycles. The summed E-state index contributed by atoms with van der Waals surface area (Å²) < 4.78 is 0. The summed E-state index contributed by atoms with van der Waals surface area (Å²) in [4.78, 5) is 23.3. The van der Waals surface area contributed by atoms with Crippen molar-refractivity contribution in [2.75, 3.05) is 5.32 Å². The van der Waals surface area contributed by atoms with Crippen molar-refractivity contribution in [3.05, 3.63) is 65.2 Å². The monoisotopic (exact) mass is 321 g/mol. The molecular weight excluding hydrogens is 302 g/mol. The third-order valence-electron chi connectivity index (χ3n) is 5.36. The molecular formula is C20H19NO3. The molecule has 0 bridgehead atoms. The highest BCUT2D eigenvalue weighted by Crippen LogP contribution is 2.61. The zero-order valence-electron chi connectivity index (χ0n) is 13.3. The number of aliphatic carboxylic acids is 1. The van der Waals surface area contributed by atoms with Crippen LogP contribution in [0.3, 0.4) is 0 Å². The Morgan fingerprint density at radius 2 is 1.88 bits per heavy atom. The van der Waals surface area contributed by atoms with Crippen LogP contribution < -0.4 is 5.32 Å². The van der Waals surface area contributed by atoms with Gasteiger partial charge in [-0.1, -0.05) is 36.4 Å². The second-order valence-electron chi connectivity index (χ2n) is 6.83. The first-order valence-corrected chi connectivity index (χ1v) is 8.28. The van der Waals surface area contributed by atoms with Crippen LogP contribution >= 0.6 is 0 Å². The maximum Gasteiger partial charge on any atom is 0.307 e. The fourth-order valence-corrected chi connectivity index (χ4v) is 4.05. The minimum Gasteiger partial charge on any atom is -0.481 e. The second kappa shape index (κ2) is 5.48. The van der Waals surface area contributed by atoms with Gasteiger partial charge in [-0.15, -0.1) is 0 Å². The lowest BCUT2D eigenvalue weighted by atomic mass is 9.95. The highest BCUT2D eigenvalue weighted by atomic mass is 16.4. The minimum absolute atomic E-state index is 0.00323. The van der Waals surface area contributed by atoms with E-state index in [1.807, 2.05) is 0 Å². The average Bonchev–Trinajstić information content (AvgIpc) is 3.19. The van der Waals surface area contributed by atoms with Crippen molar-refractivity contribution in [3.63, 3.8) is 0 Å². The van der Waals surface area contributed by atoms with E-state index in [9.17, 15) is 9.59 Å². The maximum absolute atomic E-state index is 12.6. The maximum atomic E-state index is 12.6. The lowest BCUT2D eigenvalue weighted by Crippen LogP contribution is -2.19. The molecule has 2 N–H and O–H groups in total. The first-order chi connectivity index (χ1) is 11.6. The average molecular weight is 321 g/mol. The Kier molecular flexibility index (Phi) is 3.41. The van der Waals surface area contributed by atoms with Gasteiger partial charge < -0.3 is 10.4 Å². The number of amides is 1. The number of nitrogens with one attached hydrogen (secondary N) is 1. The van der Waals surface area contributed by atoms with E-state index < -0.39 is 5.97 Å². The Bertz CT molecular complexity index is 812. The summed E-state index contributed by atoms with van der Waals surface area (Å²) in [5, 5.41) is 11.8. The molecule has 24 heavy (non-hydrogen) atoms.